The fourth-order valence-electron chi connectivity index (χ4n) is 3.01. The van der Waals surface area contributed by atoms with Crippen molar-refractivity contribution >= 4 is 11.4 Å². The molecule has 11 heteroatoms. The summed E-state index contributed by atoms with van der Waals surface area (Å²) >= 11 is 0. The topological polar surface area (TPSA) is 94.5 Å². The summed E-state index contributed by atoms with van der Waals surface area (Å²) in [5.74, 6) is 0.624. The summed E-state index contributed by atoms with van der Waals surface area (Å²) < 4.78 is 49.2. The van der Waals surface area contributed by atoms with Gasteiger partial charge in [-0.3, -0.25) is 10.1 Å². The number of hydrogen-bond donors (Lipinski definition) is 0. The minimum atomic E-state index is -4.67. The van der Waals surface area contributed by atoms with Crippen LogP contribution in [0.5, 0.6) is 0 Å². The van der Waals surface area contributed by atoms with E-state index in [9.17, 15) is 23.3 Å². The van der Waals surface area contributed by atoms with Crippen LogP contribution in [0.1, 0.15) is 29.7 Å². The molecule has 2 unspecified atom stereocenters. The van der Waals surface area contributed by atoms with Gasteiger partial charge in [0.2, 0.25) is 5.89 Å². The van der Waals surface area contributed by atoms with E-state index in [0.717, 1.165) is 12.1 Å². The van der Waals surface area contributed by atoms with Gasteiger partial charge in [0.15, 0.2) is 5.82 Å². The quantitative estimate of drug-likeness (QED) is 0.600. The number of benzene rings is 1. The van der Waals surface area contributed by atoms with Crippen molar-refractivity contribution < 1.29 is 27.4 Å². The molecule has 2 heterocycles. The van der Waals surface area contributed by atoms with Crippen LogP contribution < -0.4 is 4.90 Å². The van der Waals surface area contributed by atoms with Gasteiger partial charge in [0.05, 0.1) is 16.6 Å². The van der Waals surface area contributed by atoms with Crippen molar-refractivity contribution in [1.82, 2.24) is 10.1 Å². The number of alkyl halides is 3. The Morgan fingerprint density at radius 1 is 1.42 bits per heavy atom. The second-order valence-electron chi connectivity index (χ2n) is 5.90. The van der Waals surface area contributed by atoms with Crippen LogP contribution in [0.25, 0.3) is 0 Å². The maximum absolute atomic E-state index is 12.9. The standard InChI is InChI=1S/C15H15F3N4O4/c1-8-19-14(26-20-8)13-6-10(25-2)7-21(13)11-4-3-9(15(16,17)18)5-12(11)22(23)24/h3-5,10,13H,6-7H2,1-2H3. The number of nitrogens with zero attached hydrogens (tertiary/aromatic N) is 4. The van der Waals surface area contributed by atoms with Gasteiger partial charge in [0.1, 0.15) is 11.7 Å². The summed E-state index contributed by atoms with van der Waals surface area (Å²) in [5, 5.41) is 15.1. The van der Waals surface area contributed by atoms with Crippen molar-refractivity contribution in [2.75, 3.05) is 18.6 Å². The van der Waals surface area contributed by atoms with E-state index >= 15 is 0 Å². The Morgan fingerprint density at radius 2 is 2.15 bits per heavy atom. The zero-order valence-electron chi connectivity index (χ0n) is 13.9. The van der Waals surface area contributed by atoms with Crippen LogP contribution in [0.4, 0.5) is 24.5 Å². The highest BCUT2D eigenvalue weighted by molar-refractivity contribution is 5.66. The van der Waals surface area contributed by atoms with Crippen LogP contribution >= 0.6 is 0 Å². The molecule has 26 heavy (non-hydrogen) atoms. The lowest BCUT2D eigenvalue weighted by molar-refractivity contribution is -0.384. The van der Waals surface area contributed by atoms with Crippen LogP contribution in [0.2, 0.25) is 0 Å². The predicted molar refractivity (Wildman–Crippen MR) is 82.6 cm³/mol. The van der Waals surface area contributed by atoms with Crippen LogP contribution in [0.15, 0.2) is 22.7 Å². The number of hydrogen-bond acceptors (Lipinski definition) is 7. The van der Waals surface area contributed by atoms with E-state index in [2.05, 4.69) is 10.1 Å². The Labute approximate surface area is 145 Å². The van der Waals surface area contributed by atoms with Crippen LogP contribution in [-0.2, 0) is 10.9 Å². The van der Waals surface area contributed by atoms with Gasteiger partial charge >= 0.3 is 6.18 Å². The molecular formula is C15H15F3N4O4. The number of aromatic nitrogens is 2. The second-order valence-corrected chi connectivity index (χ2v) is 5.90. The highest BCUT2D eigenvalue weighted by Crippen LogP contribution is 2.42. The Hall–Kier alpha value is -2.69. The third-order valence-corrected chi connectivity index (χ3v) is 4.23. The zero-order chi connectivity index (χ0) is 19.1. The lowest BCUT2D eigenvalue weighted by Gasteiger charge is -2.24. The maximum Gasteiger partial charge on any atom is 0.416 e. The average molecular weight is 372 g/mol. The highest BCUT2D eigenvalue weighted by Gasteiger charge is 2.41. The molecule has 2 aromatic rings. The van der Waals surface area contributed by atoms with Gasteiger partial charge in [-0.1, -0.05) is 5.16 Å². The van der Waals surface area contributed by atoms with Crippen LogP contribution in [0, 0.1) is 17.0 Å². The largest absolute Gasteiger partial charge is 0.416 e. The number of anilines is 1. The SMILES string of the molecule is COC1CC(c2nc(C)no2)N(c2ccc(C(F)(F)F)cc2[N+](=O)[O-])C1. The summed E-state index contributed by atoms with van der Waals surface area (Å²) in [7, 11) is 1.49. The molecule has 0 amide bonds. The smallest absolute Gasteiger partial charge is 0.380 e. The van der Waals surface area contributed by atoms with E-state index in [4.69, 9.17) is 9.26 Å². The highest BCUT2D eigenvalue weighted by atomic mass is 19.4. The molecule has 0 spiro atoms. The molecule has 1 saturated heterocycles. The summed E-state index contributed by atoms with van der Waals surface area (Å²) in [6, 6.07) is 1.91. The Morgan fingerprint density at radius 3 is 2.69 bits per heavy atom. The molecule has 3 rings (SSSR count). The maximum atomic E-state index is 12.9. The fraction of sp³-hybridized carbons (Fsp3) is 0.467. The van der Waals surface area contributed by atoms with E-state index in [-0.39, 0.29) is 24.2 Å². The van der Waals surface area contributed by atoms with E-state index in [1.54, 1.807) is 11.8 Å². The van der Waals surface area contributed by atoms with Gasteiger partial charge in [0, 0.05) is 26.1 Å². The normalized spacial score (nSPS) is 20.6. The molecule has 1 aliphatic heterocycles. The molecule has 0 saturated carbocycles. The van der Waals surface area contributed by atoms with Crippen molar-refractivity contribution in [1.29, 1.82) is 0 Å². The van der Waals surface area contributed by atoms with Crippen molar-refractivity contribution in [2.24, 2.45) is 0 Å². The van der Waals surface area contributed by atoms with E-state index in [1.807, 2.05) is 0 Å². The predicted octanol–water partition coefficient (Wildman–Crippen LogP) is 3.27. The summed E-state index contributed by atoms with van der Waals surface area (Å²) in [4.78, 5) is 16.3. The molecule has 0 bridgehead atoms. The summed E-state index contributed by atoms with van der Waals surface area (Å²) in [5.41, 5.74) is -1.68. The van der Waals surface area contributed by atoms with Crippen LogP contribution in [-0.4, -0.2) is 34.8 Å². The van der Waals surface area contributed by atoms with Gasteiger partial charge in [-0.05, 0) is 19.1 Å². The molecule has 1 aromatic carbocycles. The Kier molecular flexibility index (Phi) is 4.57. The number of nitro benzene ring substituents is 1. The molecule has 0 radical (unpaired) electrons. The minimum Gasteiger partial charge on any atom is -0.380 e. The van der Waals surface area contributed by atoms with Gasteiger partial charge in [-0.25, -0.2) is 0 Å². The summed E-state index contributed by atoms with van der Waals surface area (Å²) in [6.45, 7) is 1.87. The lowest BCUT2D eigenvalue weighted by Crippen LogP contribution is -2.26. The molecule has 0 aliphatic carbocycles. The molecule has 1 fully saturated rings. The first-order valence-corrected chi connectivity index (χ1v) is 7.66. The number of halogens is 3. The van der Waals surface area contributed by atoms with Crippen LogP contribution in [0.3, 0.4) is 0 Å². The number of nitro groups is 1. The average Bonchev–Trinajstić information content (AvgIpc) is 3.19. The van der Waals surface area contributed by atoms with Crippen molar-refractivity contribution in [3.63, 3.8) is 0 Å². The first-order valence-electron chi connectivity index (χ1n) is 7.66. The second kappa shape index (κ2) is 6.56. The Bertz CT molecular complexity index is 823. The molecule has 140 valence electrons. The van der Waals surface area contributed by atoms with Crippen molar-refractivity contribution in [3.8, 4) is 0 Å². The fourth-order valence-corrected chi connectivity index (χ4v) is 3.01. The Balaban J connectivity index is 2.06. The van der Waals surface area contributed by atoms with Gasteiger partial charge in [-0.15, -0.1) is 0 Å². The van der Waals surface area contributed by atoms with Gasteiger partial charge in [-0.2, -0.15) is 18.2 Å². The third-order valence-electron chi connectivity index (χ3n) is 4.23. The number of aryl methyl sites for hydroxylation is 1. The zero-order valence-corrected chi connectivity index (χ0v) is 13.9. The molecule has 8 nitrogen and oxygen atoms in total. The lowest BCUT2D eigenvalue weighted by atomic mass is 10.1. The first kappa shape index (κ1) is 18.1. The van der Waals surface area contributed by atoms with E-state index < -0.39 is 28.4 Å². The number of ether oxygens (including phenoxy) is 1. The monoisotopic (exact) mass is 372 g/mol. The van der Waals surface area contributed by atoms with Crippen molar-refractivity contribution in [3.05, 3.63) is 45.6 Å². The minimum absolute atomic E-state index is 0.0448. The van der Waals surface area contributed by atoms with Gasteiger partial charge < -0.3 is 14.2 Å². The number of methoxy groups -OCH3 is 1. The van der Waals surface area contributed by atoms with Crippen molar-refractivity contribution in [2.45, 2.75) is 31.7 Å². The summed E-state index contributed by atoms with van der Waals surface area (Å²) in [6.07, 6.45) is -4.54. The molecule has 1 aromatic heterocycles. The molecule has 0 N–H and O–H groups in total. The van der Waals surface area contributed by atoms with E-state index in [0.29, 0.717) is 18.3 Å². The molecule has 1 aliphatic rings. The van der Waals surface area contributed by atoms with Gasteiger partial charge in [0.25, 0.3) is 5.69 Å². The third kappa shape index (κ3) is 3.34. The van der Waals surface area contributed by atoms with E-state index in [1.165, 1.54) is 7.11 Å². The first-order chi connectivity index (χ1) is 12.2. The molecule has 2 atom stereocenters. The number of rotatable bonds is 4. The molecular weight excluding hydrogens is 357 g/mol.